The highest BCUT2D eigenvalue weighted by Crippen LogP contribution is 2.41. The molecule has 0 aliphatic carbocycles. The summed E-state index contributed by atoms with van der Waals surface area (Å²) in [5.74, 6) is 2.55. The number of amides is 1. The van der Waals surface area contributed by atoms with Gasteiger partial charge in [0.25, 0.3) is 5.91 Å². The Morgan fingerprint density at radius 3 is 2.25 bits per heavy atom. The van der Waals surface area contributed by atoms with Crippen LogP contribution < -0.4 is 19.5 Å². The fourth-order valence-corrected chi connectivity index (χ4v) is 4.51. The smallest absolute Gasteiger partial charge is 0.254 e. The number of para-hydroxylation sites is 1. The molecule has 1 amide bonds. The van der Waals surface area contributed by atoms with E-state index in [-0.39, 0.29) is 5.91 Å². The second-order valence-electron chi connectivity index (χ2n) is 8.47. The van der Waals surface area contributed by atoms with Gasteiger partial charge in [-0.3, -0.25) is 4.79 Å². The second kappa shape index (κ2) is 10.2. The van der Waals surface area contributed by atoms with Crippen LogP contribution in [0.25, 0.3) is 22.0 Å². The van der Waals surface area contributed by atoms with Gasteiger partial charge in [-0.1, -0.05) is 30.3 Å². The van der Waals surface area contributed by atoms with E-state index in [1.165, 1.54) is 0 Å². The average molecular weight is 488 g/mol. The molecular formula is C28H29N3O5. The van der Waals surface area contributed by atoms with Crippen LogP contribution in [0.2, 0.25) is 0 Å². The van der Waals surface area contributed by atoms with Crippen LogP contribution in [0.15, 0.2) is 60.7 Å². The van der Waals surface area contributed by atoms with E-state index in [0.29, 0.717) is 49.1 Å². The maximum absolute atomic E-state index is 12.8. The molecule has 1 aromatic heterocycles. The van der Waals surface area contributed by atoms with Crippen molar-refractivity contribution in [3.63, 3.8) is 0 Å². The molecule has 1 aliphatic rings. The molecule has 0 spiro atoms. The van der Waals surface area contributed by atoms with Crippen LogP contribution in [0.1, 0.15) is 10.4 Å². The van der Waals surface area contributed by atoms with E-state index in [2.05, 4.69) is 28.5 Å². The zero-order valence-electron chi connectivity index (χ0n) is 20.6. The topological polar surface area (TPSA) is 85.1 Å². The minimum Gasteiger partial charge on any atom is -0.493 e. The fourth-order valence-electron chi connectivity index (χ4n) is 4.51. The Morgan fingerprint density at radius 2 is 1.61 bits per heavy atom. The van der Waals surface area contributed by atoms with Crippen molar-refractivity contribution in [1.29, 1.82) is 0 Å². The normalized spacial score (nSPS) is 13.5. The molecule has 5 rings (SSSR count). The molecule has 2 N–H and O–H groups in total. The van der Waals surface area contributed by atoms with Gasteiger partial charge in [-0.25, -0.2) is 0 Å². The quantitative estimate of drug-likeness (QED) is 0.378. The summed E-state index contributed by atoms with van der Waals surface area (Å²) in [5.41, 5.74) is 4.56. The molecule has 4 aromatic rings. The molecule has 186 valence electrons. The Kier molecular flexibility index (Phi) is 6.69. The number of hydrogen-bond donors (Lipinski definition) is 2. The van der Waals surface area contributed by atoms with E-state index in [9.17, 15) is 4.79 Å². The molecular weight excluding hydrogens is 458 g/mol. The first-order valence-corrected chi connectivity index (χ1v) is 11.8. The van der Waals surface area contributed by atoms with Gasteiger partial charge in [0.2, 0.25) is 5.75 Å². The van der Waals surface area contributed by atoms with E-state index < -0.39 is 0 Å². The molecule has 0 unspecified atom stereocenters. The largest absolute Gasteiger partial charge is 0.493 e. The van der Waals surface area contributed by atoms with E-state index in [1.807, 2.05) is 47.4 Å². The summed E-state index contributed by atoms with van der Waals surface area (Å²) in [5, 5.41) is 4.47. The van der Waals surface area contributed by atoms with Crippen molar-refractivity contribution in [1.82, 2.24) is 9.88 Å². The lowest BCUT2D eigenvalue weighted by Crippen LogP contribution is -2.40. The Balaban J connectivity index is 1.42. The van der Waals surface area contributed by atoms with E-state index in [1.54, 1.807) is 21.3 Å². The molecule has 2 heterocycles. The van der Waals surface area contributed by atoms with Crippen molar-refractivity contribution in [2.24, 2.45) is 0 Å². The number of morpholine rings is 1. The summed E-state index contributed by atoms with van der Waals surface area (Å²) in [6.45, 7) is 2.43. The van der Waals surface area contributed by atoms with Gasteiger partial charge in [0.15, 0.2) is 11.5 Å². The molecule has 1 fully saturated rings. The van der Waals surface area contributed by atoms with Crippen LogP contribution in [0, 0.1) is 0 Å². The number of benzene rings is 3. The molecule has 0 bridgehead atoms. The van der Waals surface area contributed by atoms with Crippen LogP contribution in [0.3, 0.4) is 0 Å². The second-order valence-corrected chi connectivity index (χ2v) is 8.47. The van der Waals surface area contributed by atoms with Crippen LogP contribution >= 0.6 is 0 Å². The molecule has 8 nitrogen and oxygen atoms in total. The van der Waals surface area contributed by atoms with Gasteiger partial charge in [-0.2, -0.15) is 0 Å². The predicted octanol–water partition coefficient (Wildman–Crippen LogP) is 5.08. The first kappa shape index (κ1) is 23.6. The Morgan fingerprint density at radius 1 is 0.917 bits per heavy atom. The highest BCUT2D eigenvalue weighted by molar-refractivity contribution is 5.98. The molecule has 3 aromatic carbocycles. The van der Waals surface area contributed by atoms with Gasteiger partial charge in [-0.05, 0) is 23.8 Å². The zero-order valence-corrected chi connectivity index (χ0v) is 20.6. The van der Waals surface area contributed by atoms with Gasteiger partial charge >= 0.3 is 0 Å². The number of nitrogens with one attached hydrogen (secondary N) is 2. The number of fused-ring (bicyclic) bond motifs is 1. The number of carbonyl (C=O) groups is 1. The summed E-state index contributed by atoms with van der Waals surface area (Å²) in [6.07, 6.45) is 0. The van der Waals surface area contributed by atoms with Crippen LogP contribution in [-0.4, -0.2) is 63.4 Å². The number of aromatic amines is 1. The van der Waals surface area contributed by atoms with Crippen LogP contribution in [-0.2, 0) is 4.74 Å². The number of aromatic nitrogens is 1. The van der Waals surface area contributed by atoms with Gasteiger partial charge in [0.1, 0.15) is 5.82 Å². The molecule has 0 radical (unpaired) electrons. The van der Waals surface area contributed by atoms with Crippen molar-refractivity contribution >= 4 is 28.3 Å². The number of nitrogens with zero attached hydrogens (tertiary/aromatic N) is 1. The van der Waals surface area contributed by atoms with Gasteiger partial charge < -0.3 is 34.1 Å². The third-order valence-corrected chi connectivity index (χ3v) is 6.34. The Bertz CT molecular complexity index is 1350. The number of ether oxygens (including phenoxy) is 4. The SMILES string of the molecule is COc1cc(Nc2cc3cccc(-c4ccc(C(=O)N5CCOCC5)cc4)c3[nH]2)cc(OC)c1OC. The summed E-state index contributed by atoms with van der Waals surface area (Å²) >= 11 is 0. The Hall–Kier alpha value is -4.17. The van der Waals surface area contributed by atoms with E-state index in [0.717, 1.165) is 33.5 Å². The first-order valence-electron chi connectivity index (χ1n) is 11.8. The van der Waals surface area contributed by atoms with Crippen molar-refractivity contribution in [2.75, 3.05) is 52.9 Å². The average Bonchev–Trinajstić information content (AvgIpc) is 3.35. The number of anilines is 2. The Labute approximate surface area is 209 Å². The van der Waals surface area contributed by atoms with Gasteiger partial charge in [0.05, 0.1) is 40.1 Å². The van der Waals surface area contributed by atoms with Crippen LogP contribution in [0.4, 0.5) is 11.5 Å². The molecule has 8 heteroatoms. The minimum absolute atomic E-state index is 0.0415. The molecule has 1 aliphatic heterocycles. The number of rotatable bonds is 7. The zero-order chi connectivity index (χ0) is 25.1. The van der Waals surface area contributed by atoms with Gasteiger partial charge in [-0.15, -0.1) is 0 Å². The van der Waals surface area contributed by atoms with Crippen molar-refractivity contribution < 1.29 is 23.7 Å². The molecule has 0 atom stereocenters. The highest BCUT2D eigenvalue weighted by atomic mass is 16.5. The first-order chi connectivity index (χ1) is 17.6. The molecule has 0 saturated carbocycles. The van der Waals surface area contributed by atoms with Crippen molar-refractivity contribution in [2.45, 2.75) is 0 Å². The minimum atomic E-state index is 0.0415. The summed E-state index contributed by atoms with van der Waals surface area (Å²) in [4.78, 5) is 18.1. The fraction of sp³-hybridized carbons (Fsp3) is 0.250. The summed E-state index contributed by atoms with van der Waals surface area (Å²) in [6, 6.07) is 19.7. The lowest BCUT2D eigenvalue weighted by atomic mass is 10.0. The predicted molar refractivity (Wildman–Crippen MR) is 140 cm³/mol. The van der Waals surface area contributed by atoms with Crippen LogP contribution in [0.5, 0.6) is 17.2 Å². The van der Waals surface area contributed by atoms with Crippen molar-refractivity contribution in [3.05, 3.63) is 66.2 Å². The maximum Gasteiger partial charge on any atom is 0.254 e. The standard InChI is InChI=1S/C28H29N3O5/c1-33-23-16-21(17-24(34-2)27(23)35-3)29-25-15-20-5-4-6-22(26(20)30-25)18-7-9-19(10-8-18)28(32)31-11-13-36-14-12-31/h4-10,15-17,29-30H,11-14H2,1-3H3. The monoisotopic (exact) mass is 487 g/mol. The third-order valence-electron chi connectivity index (χ3n) is 6.34. The number of carbonyl (C=O) groups excluding carboxylic acids is 1. The summed E-state index contributed by atoms with van der Waals surface area (Å²) in [7, 11) is 4.77. The third kappa shape index (κ3) is 4.55. The number of hydrogen-bond acceptors (Lipinski definition) is 6. The molecule has 36 heavy (non-hydrogen) atoms. The van der Waals surface area contributed by atoms with Gasteiger partial charge in [0, 0.05) is 47.4 Å². The lowest BCUT2D eigenvalue weighted by molar-refractivity contribution is 0.0303. The highest BCUT2D eigenvalue weighted by Gasteiger charge is 2.19. The number of H-pyrrole nitrogens is 1. The van der Waals surface area contributed by atoms with E-state index >= 15 is 0 Å². The summed E-state index contributed by atoms with van der Waals surface area (Å²) < 4.78 is 21.7. The maximum atomic E-state index is 12.8. The van der Waals surface area contributed by atoms with Crippen molar-refractivity contribution in [3.8, 4) is 28.4 Å². The number of methoxy groups -OCH3 is 3. The van der Waals surface area contributed by atoms with E-state index in [4.69, 9.17) is 18.9 Å². The molecule has 1 saturated heterocycles. The lowest BCUT2D eigenvalue weighted by Gasteiger charge is -2.26.